The van der Waals surface area contributed by atoms with Crippen molar-refractivity contribution < 1.29 is 22.7 Å². The standard InChI is InChI=1S/C13H22N2O5S/c1-5-15(6-2)8-9(3)14-21(18,19)12-7-11(13(16)17)20-10(12)4/h7,9,14H,5-6,8H2,1-4H3,(H,16,17). The summed E-state index contributed by atoms with van der Waals surface area (Å²) in [6.45, 7) is 9.44. The monoisotopic (exact) mass is 318 g/mol. The van der Waals surface area contributed by atoms with Gasteiger partial charge in [0.25, 0.3) is 0 Å². The van der Waals surface area contributed by atoms with E-state index >= 15 is 0 Å². The van der Waals surface area contributed by atoms with Crippen LogP contribution >= 0.6 is 0 Å². The molecule has 1 heterocycles. The van der Waals surface area contributed by atoms with Crippen LogP contribution in [0.3, 0.4) is 0 Å². The molecular weight excluding hydrogens is 296 g/mol. The van der Waals surface area contributed by atoms with E-state index < -0.39 is 16.0 Å². The molecule has 21 heavy (non-hydrogen) atoms. The Morgan fingerprint density at radius 3 is 2.43 bits per heavy atom. The molecule has 0 bridgehead atoms. The predicted molar refractivity (Wildman–Crippen MR) is 78.0 cm³/mol. The molecule has 0 amide bonds. The molecule has 0 aromatic carbocycles. The van der Waals surface area contributed by atoms with Crippen LogP contribution in [0.1, 0.15) is 37.1 Å². The van der Waals surface area contributed by atoms with Crippen molar-refractivity contribution in [2.45, 2.75) is 38.6 Å². The smallest absolute Gasteiger partial charge is 0.371 e. The fraction of sp³-hybridized carbons (Fsp3) is 0.615. The van der Waals surface area contributed by atoms with E-state index in [9.17, 15) is 13.2 Å². The molecule has 8 heteroatoms. The molecule has 1 unspecified atom stereocenters. The molecule has 1 atom stereocenters. The summed E-state index contributed by atoms with van der Waals surface area (Å²) in [6.07, 6.45) is 0. The van der Waals surface area contributed by atoms with Gasteiger partial charge in [-0.05, 0) is 26.9 Å². The van der Waals surface area contributed by atoms with Gasteiger partial charge in [-0.15, -0.1) is 0 Å². The largest absolute Gasteiger partial charge is 0.475 e. The Hall–Kier alpha value is -1.38. The number of nitrogens with one attached hydrogen (secondary N) is 1. The number of carboxylic acids is 1. The molecular formula is C13H22N2O5S. The first-order valence-electron chi connectivity index (χ1n) is 6.79. The molecule has 7 nitrogen and oxygen atoms in total. The Balaban J connectivity index is 2.89. The first-order chi connectivity index (χ1) is 9.71. The highest BCUT2D eigenvalue weighted by molar-refractivity contribution is 7.89. The van der Waals surface area contributed by atoms with Crippen LogP contribution in [0.4, 0.5) is 0 Å². The van der Waals surface area contributed by atoms with Gasteiger partial charge >= 0.3 is 5.97 Å². The molecule has 0 aliphatic carbocycles. The normalized spacial score (nSPS) is 13.6. The number of aromatic carboxylic acids is 1. The van der Waals surface area contributed by atoms with Crippen LogP contribution in [0.15, 0.2) is 15.4 Å². The van der Waals surface area contributed by atoms with Gasteiger partial charge in [0.1, 0.15) is 10.7 Å². The highest BCUT2D eigenvalue weighted by Crippen LogP contribution is 2.20. The summed E-state index contributed by atoms with van der Waals surface area (Å²) in [7, 11) is -3.80. The minimum atomic E-state index is -3.80. The molecule has 0 fully saturated rings. The number of likely N-dealkylation sites (N-methyl/N-ethyl adjacent to an activating group) is 1. The molecule has 0 saturated heterocycles. The van der Waals surface area contributed by atoms with Gasteiger partial charge in [0, 0.05) is 18.7 Å². The number of hydrogen-bond donors (Lipinski definition) is 2. The quantitative estimate of drug-likeness (QED) is 0.749. The number of hydrogen-bond acceptors (Lipinski definition) is 5. The highest BCUT2D eigenvalue weighted by atomic mass is 32.2. The summed E-state index contributed by atoms with van der Waals surface area (Å²) in [6, 6.07) is 0.738. The fourth-order valence-electron chi connectivity index (χ4n) is 2.07. The lowest BCUT2D eigenvalue weighted by molar-refractivity contribution is 0.0661. The van der Waals surface area contributed by atoms with E-state index in [1.54, 1.807) is 6.92 Å². The average molecular weight is 318 g/mol. The van der Waals surface area contributed by atoms with Crippen molar-refractivity contribution in [3.8, 4) is 0 Å². The van der Waals surface area contributed by atoms with Crippen LogP contribution in [0.25, 0.3) is 0 Å². The number of furan rings is 1. The van der Waals surface area contributed by atoms with Crippen LogP contribution in [-0.4, -0.2) is 50.1 Å². The number of nitrogens with zero attached hydrogens (tertiary/aromatic N) is 1. The summed E-state index contributed by atoms with van der Waals surface area (Å²) in [5.74, 6) is -1.62. The van der Waals surface area contributed by atoms with E-state index in [1.165, 1.54) is 6.92 Å². The van der Waals surface area contributed by atoms with E-state index in [1.807, 2.05) is 13.8 Å². The van der Waals surface area contributed by atoms with Gasteiger partial charge in [-0.2, -0.15) is 0 Å². The maximum absolute atomic E-state index is 12.3. The number of rotatable bonds is 8. The molecule has 1 aromatic heterocycles. The lowest BCUT2D eigenvalue weighted by Crippen LogP contribution is -2.41. The Bertz CT molecular complexity index is 590. The van der Waals surface area contributed by atoms with E-state index in [2.05, 4.69) is 9.62 Å². The van der Waals surface area contributed by atoms with Gasteiger partial charge in [-0.3, -0.25) is 0 Å². The Morgan fingerprint density at radius 2 is 2.00 bits per heavy atom. The van der Waals surface area contributed by atoms with E-state index in [4.69, 9.17) is 9.52 Å². The minimum absolute atomic E-state index is 0.0648. The first kappa shape index (κ1) is 17.7. The summed E-state index contributed by atoms with van der Waals surface area (Å²) >= 11 is 0. The van der Waals surface area contributed by atoms with Crippen molar-refractivity contribution >= 4 is 16.0 Å². The molecule has 1 aromatic rings. The number of carboxylic acid groups (broad SMARTS) is 1. The zero-order chi connectivity index (χ0) is 16.2. The Morgan fingerprint density at radius 1 is 1.43 bits per heavy atom. The number of aryl methyl sites for hydroxylation is 1. The lowest BCUT2D eigenvalue weighted by atomic mass is 10.3. The highest BCUT2D eigenvalue weighted by Gasteiger charge is 2.25. The minimum Gasteiger partial charge on any atom is -0.475 e. The van der Waals surface area contributed by atoms with E-state index in [-0.39, 0.29) is 22.5 Å². The van der Waals surface area contributed by atoms with Crippen molar-refractivity contribution in [2.75, 3.05) is 19.6 Å². The summed E-state index contributed by atoms with van der Waals surface area (Å²) in [5, 5.41) is 8.84. The van der Waals surface area contributed by atoms with Crippen LogP contribution in [0, 0.1) is 6.92 Å². The van der Waals surface area contributed by atoms with Gasteiger partial charge in [0.05, 0.1) is 0 Å². The van der Waals surface area contributed by atoms with Crippen molar-refractivity contribution in [2.24, 2.45) is 0 Å². The van der Waals surface area contributed by atoms with Gasteiger partial charge in [0.2, 0.25) is 15.8 Å². The molecule has 0 radical (unpaired) electrons. The maximum Gasteiger partial charge on any atom is 0.371 e. The zero-order valence-electron chi connectivity index (χ0n) is 12.7. The molecule has 0 spiro atoms. The van der Waals surface area contributed by atoms with Crippen LogP contribution in [0.2, 0.25) is 0 Å². The van der Waals surface area contributed by atoms with Crippen molar-refractivity contribution in [1.29, 1.82) is 0 Å². The van der Waals surface area contributed by atoms with Gasteiger partial charge in [-0.25, -0.2) is 17.9 Å². The van der Waals surface area contributed by atoms with Crippen LogP contribution in [0.5, 0.6) is 0 Å². The van der Waals surface area contributed by atoms with Gasteiger partial charge < -0.3 is 14.4 Å². The Labute approximate surface area is 125 Å². The van der Waals surface area contributed by atoms with Crippen molar-refractivity contribution in [3.05, 3.63) is 17.6 Å². The van der Waals surface area contributed by atoms with Crippen LogP contribution in [-0.2, 0) is 10.0 Å². The molecule has 2 N–H and O–H groups in total. The van der Waals surface area contributed by atoms with Crippen molar-refractivity contribution in [3.63, 3.8) is 0 Å². The molecule has 0 aliphatic rings. The van der Waals surface area contributed by atoms with Crippen LogP contribution < -0.4 is 4.72 Å². The number of sulfonamides is 1. The second kappa shape index (κ2) is 7.06. The third-order valence-electron chi connectivity index (χ3n) is 3.16. The average Bonchev–Trinajstić information content (AvgIpc) is 2.78. The number of carbonyl (C=O) groups is 1. The molecule has 0 aliphatic heterocycles. The third kappa shape index (κ3) is 4.55. The zero-order valence-corrected chi connectivity index (χ0v) is 13.5. The van der Waals surface area contributed by atoms with Gasteiger partial charge in [-0.1, -0.05) is 13.8 Å². The first-order valence-corrected chi connectivity index (χ1v) is 8.28. The summed E-state index contributed by atoms with van der Waals surface area (Å²) in [5.41, 5.74) is 0. The van der Waals surface area contributed by atoms with E-state index in [0.29, 0.717) is 6.54 Å². The SMILES string of the molecule is CCN(CC)CC(C)NS(=O)(=O)c1cc(C(=O)O)oc1C. The predicted octanol–water partition coefficient (Wildman–Crippen LogP) is 1.29. The molecule has 0 saturated carbocycles. The van der Waals surface area contributed by atoms with E-state index in [0.717, 1.165) is 19.2 Å². The molecule has 120 valence electrons. The third-order valence-corrected chi connectivity index (χ3v) is 4.85. The molecule has 1 rings (SSSR count). The maximum atomic E-state index is 12.3. The summed E-state index contributed by atoms with van der Waals surface area (Å²) < 4.78 is 32.0. The van der Waals surface area contributed by atoms with Crippen molar-refractivity contribution in [1.82, 2.24) is 9.62 Å². The second-order valence-electron chi connectivity index (χ2n) is 4.84. The fourth-order valence-corrected chi connectivity index (χ4v) is 3.49. The lowest BCUT2D eigenvalue weighted by Gasteiger charge is -2.23. The Kier molecular flexibility index (Phi) is 5.94. The van der Waals surface area contributed by atoms with Gasteiger partial charge in [0.15, 0.2) is 0 Å². The second-order valence-corrected chi connectivity index (χ2v) is 6.53. The topological polar surface area (TPSA) is 99.9 Å². The summed E-state index contributed by atoms with van der Waals surface area (Å²) in [4.78, 5) is 12.8.